The van der Waals surface area contributed by atoms with E-state index in [0.717, 1.165) is 16.9 Å². The van der Waals surface area contributed by atoms with Crippen LogP contribution in [0, 0.1) is 0 Å². The van der Waals surface area contributed by atoms with Gasteiger partial charge in [0.2, 0.25) is 0 Å². The maximum absolute atomic E-state index is 13.4. The van der Waals surface area contributed by atoms with E-state index >= 15 is 0 Å². The zero-order valence-electron chi connectivity index (χ0n) is 15.7. The highest BCUT2D eigenvalue weighted by Gasteiger charge is 2.45. The molecule has 0 aromatic heterocycles. The predicted octanol–water partition coefficient (Wildman–Crippen LogP) is 3.40. The molecule has 0 saturated heterocycles. The molecule has 0 saturated carbocycles. The number of hydrogen-bond donors (Lipinski definition) is 1. The van der Waals surface area contributed by atoms with Gasteiger partial charge in [-0.05, 0) is 30.7 Å². The minimum Gasteiger partial charge on any atom is -0.504 e. The minimum absolute atomic E-state index is 0.0230. The number of benzene rings is 2. The second-order valence-corrected chi connectivity index (χ2v) is 7.45. The first-order valence-electron chi connectivity index (χ1n) is 9.20. The van der Waals surface area contributed by atoms with Gasteiger partial charge in [-0.1, -0.05) is 6.58 Å². The molecular weight excluding hydrogens is 360 g/mol. The number of aromatic hydroxyl groups is 1. The van der Waals surface area contributed by atoms with Gasteiger partial charge in [0, 0.05) is 23.6 Å². The first-order chi connectivity index (χ1) is 13.5. The van der Waals surface area contributed by atoms with Crippen molar-refractivity contribution in [3.05, 3.63) is 53.1 Å². The lowest BCUT2D eigenvalue weighted by Gasteiger charge is -2.37. The Kier molecular flexibility index (Phi) is 3.59. The number of fused-ring (bicyclic) bond motifs is 6. The fourth-order valence-electron chi connectivity index (χ4n) is 4.19. The minimum atomic E-state index is -0.511. The van der Waals surface area contributed by atoms with Crippen molar-refractivity contribution >= 4 is 5.78 Å². The van der Waals surface area contributed by atoms with Crippen molar-refractivity contribution in [3.8, 4) is 28.7 Å². The average molecular weight is 380 g/mol. The third-order valence-corrected chi connectivity index (χ3v) is 5.66. The van der Waals surface area contributed by atoms with Crippen molar-refractivity contribution < 1.29 is 28.8 Å². The number of rotatable bonds is 2. The second-order valence-electron chi connectivity index (χ2n) is 7.45. The molecule has 2 aromatic carbocycles. The van der Waals surface area contributed by atoms with E-state index in [1.807, 2.05) is 13.0 Å². The van der Waals surface area contributed by atoms with Crippen LogP contribution in [0.25, 0.3) is 0 Å². The number of methoxy groups -OCH3 is 1. The number of ether oxygens (including phenoxy) is 4. The van der Waals surface area contributed by atoms with Gasteiger partial charge in [0.15, 0.2) is 17.3 Å². The molecule has 1 N–H and O–H groups in total. The molecule has 0 amide bonds. The van der Waals surface area contributed by atoms with E-state index in [2.05, 4.69) is 6.58 Å². The molecule has 3 heterocycles. The SMILES string of the molecule is C=C(C)[C@H]1Cc2c(ccc3c2O[C@@H]2COc4cc(O)c(OC)cc4[C@@H]2C3=O)O1. The maximum Gasteiger partial charge on any atom is 0.178 e. The van der Waals surface area contributed by atoms with E-state index < -0.39 is 12.0 Å². The number of ketones is 1. The van der Waals surface area contributed by atoms with E-state index in [9.17, 15) is 9.90 Å². The van der Waals surface area contributed by atoms with Crippen LogP contribution in [0.15, 0.2) is 36.4 Å². The van der Waals surface area contributed by atoms with Gasteiger partial charge in [-0.15, -0.1) is 0 Å². The summed E-state index contributed by atoms with van der Waals surface area (Å²) in [5.41, 5.74) is 3.06. The van der Waals surface area contributed by atoms with E-state index in [4.69, 9.17) is 18.9 Å². The van der Waals surface area contributed by atoms with E-state index in [1.54, 1.807) is 12.1 Å². The third kappa shape index (κ3) is 2.30. The van der Waals surface area contributed by atoms with Gasteiger partial charge in [-0.3, -0.25) is 4.79 Å². The first kappa shape index (κ1) is 17.0. The molecule has 28 heavy (non-hydrogen) atoms. The molecule has 0 bridgehead atoms. The van der Waals surface area contributed by atoms with Crippen LogP contribution < -0.4 is 18.9 Å². The normalized spacial score (nSPS) is 23.9. The van der Waals surface area contributed by atoms with Crippen LogP contribution in [-0.2, 0) is 6.42 Å². The summed E-state index contributed by atoms with van der Waals surface area (Å²) in [4.78, 5) is 13.4. The molecule has 0 unspecified atom stereocenters. The smallest absolute Gasteiger partial charge is 0.178 e. The number of carbonyl (C=O) groups excluding carboxylic acids is 1. The molecule has 0 spiro atoms. The maximum atomic E-state index is 13.4. The number of carbonyl (C=O) groups is 1. The summed E-state index contributed by atoms with van der Waals surface area (Å²) in [7, 11) is 1.47. The van der Waals surface area contributed by atoms with Gasteiger partial charge in [0.05, 0.1) is 18.6 Å². The molecule has 144 valence electrons. The summed E-state index contributed by atoms with van der Waals surface area (Å²) >= 11 is 0. The van der Waals surface area contributed by atoms with Crippen molar-refractivity contribution in [2.24, 2.45) is 0 Å². The predicted molar refractivity (Wildman–Crippen MR) is 101 cm³/mol. The van der Waals surface area contributed by atoms with Crippen LogP contribution in [0.5, 0.6) is 28.7 Å². The molecule has 3 aliphatic heterocycles. The van der Waals surface area contributed by atoms with Crippen molar-refractivity contribution in [1.82, 2.24) is 0 Å². The highest BCUT2D eigenvalue weighted by Crippen LogP contribution is 2.49. The molecule has 6 nitrogen and oxygen atoms in total. The fraction of sp³-hybridized carbons (Fsp3) is 0.318. The molecule has 0 aliphatic carbocycles. The summed E-state index contributed by atoms with van der Waals surface area (Å²) in [5, 5.41) is 10.0. The molecule has 0 fully saturated rings. The summed E-state index contributed by atoms with van der Waals surface area (Å²) in [6, 6.07) is 6.74. The Hall–Kier alpha value is -3.15. The Bertz CT molecular complexity index is 1020. The van der Waals surface area contributed by atoms with Crippen LogP contribution in [-0.4, -0.2) is 36.8 Å². The lowest BCUT2D eigenvalue weighted by Crippen LogP contribution is -2.43. The van der Waals surface area contributed by atoms with Crippen molar-refractivity contribution in [3.63, 3.8) is 0 Å². The van der Waals surface area contributed by atoms with Gasteiger partial charge >= 0.3 is 0 Å². The molecule has 3 aliphatic rings. The summed E-state index contributed by atoms with van der Waals surface area (Å²) in [6.07, 6.45) is 0.0862. The molecule has 0 radical (unpaired) electrons. The molecule has 5 rings (SSSR count). The standard InChI is InChI=1S/C22H20O6/c1-10(2)16-7-13-15(27-16)5-4-11-21(24)20-12-6-18(25-3)14(23)8-17(12)26-9-19(20)28-22(11)13/h4-6,8,16,19-20,23H,1,7,9H2,2-3H3/t16-,19-,20+/m1/s1. The van der Waals surface area contributed by atoms with E-state index in [-0.39, 0.29) is 24.2 Å². The first-order valence-corrected chi connectivity index (χ1v) is 9.20. The summed E-state index contributed by atoms with van der Waals surface area (Å²) in [6.45, 7) is 6.13. The van der Waals surface area contributed by atoms with E-state index in [1.165, 1.54) is 13.2 Å². The van der Waals surface area contributed by atoms with Crippen LogP contribution >= 0.6 is 0 Å². The zero-order valence-corrected chi connectivity index (χ0v) is 15.7. The Labute approximate surface area is 162 Å². The van der Waals surface area contributed by atoms with Gasteiger partial charge in [0.1, 0.15) is 36.1 Å². The van der Waals surface area contributed by atoms with Crippen LogP contribution in [0.2, 0.25) is 0 Å². The topological polar surface area (TPSA) is 74.2 Å². The molecule has 2 aromatic rings. The third-order valence-electron chi connectivity index (χ3n) is 5.66. The number of phenolic OH excluding ortho intramolecular Hbond substituents is 1. The molecule has 6 heteroatoms. The number of phenols is 1. The van der Waals surface area contributed by atoms with Gasteiger partial charge in [-0.2, -0.15) is 0 Å². The number of Topliss-reactive ketones (excluding diaryl/α,β-unsaturated/α-hetero) is 1. The lowest BCUT2D eigenvalue weighted by molar-refractivity contribution is 0.0554. The van der Waals surface area contributed by atoms with Crippen LogP contribution in [0.4, 0.5) is 0 Å². The highest BCUT2D eigenvalue weighted by atomic mass is 16.5. The van der Waals surface area contributed by atoms with Crippen molar-refractivity contribution in [2.75, 3.05) is 13.7 Å². The average Bonchev–Trinajstić information content (AvgIpc) is 3.12. The second kappa shape index (κ2) is 5.92. The Morgan fingerprint density at radius 2 is 2.07 bits per heavy atom. The quantitative estimate of drug-likeness (QED) is 0.805. The number of hydrogen-bond acceptors (Lipinski definition) is 6. The van der Waals surface area contributed by atoms with Gasteiger partial charge in [0.25, 0.3) is 0 Å². The Morgan fingerprint density at radius 1 is 1.25 bits per heavy atom. The summed E-state index contributed by atoms with van der Waals surface area (Å²) in [5.74, 6) is 1.55. The highest BCUT2D eigenvalue weighted by molar-refractivity contribution is 6.06. The van der Waals surface area contributed by atoms with Gasteiger partial charge < -0.3 is 24.1 Å². The Balaban J connectivity index is 1.59. The molecule has 3 atom stereocenters. The van der Waals surface area contributed by atoms with Crippen molar-refractivity contribution in [1.29, 1.82) is 0 Å². The zero-order chi connectivity index (χ0) is 19.6. The lowest BCUT2D eigenvalue weighted by atomic mass is 9.81. The Morgan fingerprint density at radius 3 is 2.82 bits per heavy atom. The van der Waals surface area contributed by atoms with E-state index in [0.29, 0.717) is 34.8 Å². The van der Waals surface area contributed by atoms with Gasteiger partial charge in [-0.25, -0.2) is 0 Å². The van der Waals surface area contributed by atoms with Crippen LogP contribution in [0.1, 0.15) is 34.3 Å². The fourth-order valence-corrected chi connectivity index (χ4v) is 4.19. The van der Waals surface area contributed by atoms with Crippen molar-refractivity contribution in [2.45, 2.75) is 31.5 Å². The monoisotopic (exact) mass is 380 g/mol. The summed E-state index contributed by atoms with van der Waals surface area (Å²) < 4.78 is 23.2. The largest absolute Gasteiger partial charge is 0.504 e. The van der Waals surface area contributed by atoms with Crippen LogP contribution in [0.3, 0.4) is 0 Å². The molecular formula is C22H20O6.